The Labute approximate surface area is 213 Å². The van der Waals surface area contributed by atoms with E-state index in [9.17, 15) is 18.0 Å². The van der Waals surface area contributed by atoms with Crippen LogP contribution in [0.15, 0.2) is 66.0 Å². The molecule has 15 heteroatoms. The molecule has 0 aliphatic heterocycles. The van der Waals surface area contributed by atoms with Gasteiger partial charge < -0.3 is 21.0 Å². The molecule has 0 fully saturated rings. The first-order valence-electron chi connectivity index (χ1n) is 9.33. The van der Waals surface area contributed by atoms with Crippen molar-refractivity contribution in [3.8, 4) is 0 Å². The van der Waals surface area contributed by atoms with Crippen LogP contribution in [0.3, 0.4) is 0 Å². The Morgan fingerprint density at radius 3 is 2.71 bits per heavy atom. The van der Waals surface area contributed by atoms with Crippen molar-refractivity contribution in [3.63, 3.8) is 0 Å². The predicted octanol–water partition coefficient (Wildman–Crippen LogP) is 4.77. The van der Waals surface area contributed by atoms with E-state index in [1.54, 1.807) is 6.07 Å². The molecule has 0 spiro atoms. The van der Waals surface area contributed by atoms with Crippen LogP contribution in [0.2, 0.25) is 10.0 Å². The smallest absolute Gasteiger partial charge is 0.401 e. The van der Waals surface area contributed by atoms with Gasteiger partial charge in [0.2, 0.25) is 5.89 Å². The molecule has 1 aromatic carbocycles. The van der Waals surface area contributed by atoms with E-state index >= 15 is 0 Å². The number of nitrogens with one attached hydrogen (secondary N) is 2. The molecule has 35 heavy (non-hydrogen) atoms. The normalized spacial score (nSPS) is 13.3. The number of aliphatic imine (C=N–C) groups is 1. The van der Waals surface area contributed by atoms with Crippen molar-refractivity contribution < 1.29 is 17.6 Å². The molecule has 0 bridgehead atoms. The highest BCUT2D eigenvalue weighted by molar-refractivity contribution is 9.10. The summed E-state index contributed by atoms with van der Waals surface area (Å²) in [5.74, 6) is -0.260. The number of hydrogen-bond acceptors (Lipinski definition) is 9. The largest absolute Gasteiger partial charge is 0.436 e. The lowest BCUT2D eigenvalue weighted by Crippen LogP contribution is -2.28. The number of fused-ring (bicyclic) bond motifs is 1. The van der Waals surface area contributed by atoms with Gasteiger partial charge >= 0.3 is 11.8 Å². The number of nitrogens with zero attached hydrogens (tertiary/aromatic N) is 4. The SMILES string of the molecule is N=C/C(=N\NC/C(N)=C/C(=N/c1ncccc1Cl)c1nc2c(Cl)cc(Br)cc2c(=O)o1)C(F)(F)F. The Kier molecular flexibility index (Phi) is 8.25. The summed E-state index contributed by atoms with van der Waals surface area (Å²) in [4.78, 5) is 25.1. The number of aromatic nitrogens is 2. The second-order valence-corrected chi connectivity index (χ2v) is 8.32. The molecule has 2 heterocycles. The van der Waals surface area contributed by atoms with Gasteiger partial charge in [0.05, 0.1) is 28.2 Å². The van der Waals surface area contributed by atoms with E-state index in [2.05, 4.69) is 41.4 Å². The minimum absolute atomic E-state index is 0.0359. The molecule has 3 rings (SSSR count). The Hall–Kier alpha value is -3.29. The van der Waals surface area contributed by atoms with Crippen molar-refractivity contribution in [1.29, 1.82) is 5.41 Å². The number of benzene rings is 1. The van der Waals surface area contributed by atoms with E-state index in [-0.39, 0.29) is 56.8 Å². The molecule has 0 saturated carbocycles. The highest BCUT2D eigenvalue weighted by Crippen LogP contribution is 2.26. The van der Waals surface area contributed by atoms with Crippen LogP contribution in [0.1, 0.15) is 5.89 Å². The number of hydrazone groups is 1. The fourth-order valence-corrected chi connectivity index (χ4v) is 3.56. The second kappa shape index (κ2) is 11.0. The lowest BCUT2D eigenvalue weighted by molar-refractivity contribution is -0.0568. The van der Waals surface area contributed by atoms with Crippen LogP contribution in [-0.2, 0) is 0 Å². The average Bonchev–Trinajstić information content (AvgIpc) is 2.77. The number of hydrogen-bond donors (Lipinski definition) is 3. The Balaban J connectivity index is 2.08. The summed E-state index contributed by atoms with van der Waals surface area (Å²) in [6.45, 7) is -0.381. The molecule has 0 aliphatic carbocycles. The van der Waals surface area contributed by atoms with Crippen LogP contribution in [0, 0.1) is 5.41 Å². The molecule has 0 radical (unpaired) electrons. The third kappa shape index (κ3) is 6.65. The van der Waals surface area contributed by atoms with Gasteiger partial charge in [0.25, 0.3) is 0 Å². The third-order valence-corrected chi connectivity index (χ3v) is 5.11. The molecule has 0 amide bonds. The van der Waals surface area contributed by atoms with Crippen LogP contribution in [0.25, 0.3) is 10.9 Å². The average molecular weight is 591 g/mol. The van der Waals surface area contributed by atoms with E-state index in [1.165, 1.54) is 30.5 Å². The highest BCUT2D eigenvalue weighted by Gasteiger charge is 2.34. The third-order valence-electron chi connectivity index (χ3n) is 4.07. The van der Waals surface area contributed by atoms with Gasteiger partial charge in [-0.3, -0.25) is 0 Å². The zero-order valence-electron chi connectivity index (χ0n) is 17.2. The Morgan fingerprint density at radius 1 is 1.31 bits per heavy atom. The van der Waals surface area contributed by atoms with E-state index in [1.807, 2.05) is 0 Å². The molecule has 2 aromatic heterocycles. The lowest BCUT2D eigenvalue weighted by Gasteiger charge is -2.08. The maximum Gasteiger partial charge on any atom is 0.436 e. The number of halogens is 6. The van der Waals surface area contributed by atoms with Gasteiger partial charge in [-0.15, -0.1) is 0 Å². The van der Waals surface area contributed by atoms with E-state index < -0.39 is 17.5 Å². The highest BCUT2D eigenvalue weighted by atomic mass is 79.9. The van der Waals surface area contributed by atoms with Crippen LogP contribution in [-0.4, -0.2) is 40.3 Å². The molecule has 9 nitrogen and oxygen atoms in total. The van der Waals surface area contributed by atoms with Crippen LogP contribution in [0.4, 0.5) is 19.0 Å². The fraction of sp³-hybridized carbons (Fsp3) is 0.100. The summed E-state index contributed by atoms with van der Waals surface area (Å²) in [5, 5.41) is 10.3. The predicted molar refractivity (Wildman–Crippen MR) is 131 cm³/mol. The van der Waals surface area contributed by atoms with E-state index in [4.69, 9.17) is 38.8 Å². The van der Waals surface area contributed by atoms with Gasteiger partial charge in [-0.05, 0) is 30.3 Å². The summed E-state index contributed by atoms with van der Waals surface area (Å²) < 4.78 is 44.0. The van der Waals surface area contributed by atoms with Crippen molar-refractivity contribution in [2.24, 2.45) is 15.8 Å². The van der Waals surface area contributed by atoms with Gasteiger partial charge in [-0.25, -0.2) is 19.8 Å². The number of allylic oxidation sites excluding steroid dienone is 1. The van der Waals surface area contributed by atoms with E-state index in [0.717, 1.165) is 0 Å². The van der Waals surface area contributed by atoms with Gasteiger partial charge in [-0.1, -0.05) is 39.1 Å². The zero-order chi connectivity index (χ0) is 25.8. The maximum atomic E-state index is 12.7. The number of nitrogens with two attached hydrogens (primary N) is 1. The number of rotatable bonds is 7. The molecule has 0 atom stereocenters. The van der Waals surface area contributed by atoms with Gasteiger partial charge in [0.15, 0.2) is 11.5 Å². The lowest BCUT2D eigenvalue weighted by atomic mass is 10.2. The van der Waals surface area contributed by atoms with Crippen LogP contribution < -0.4 is 16.8 Å². The molecule has 4 N–H and O–H groups in total. The molecular formula is C20H13BrCl2F3N7O2. The molecule has 182 valence electrons. The summed E-state index contributed by atoms with van der Waals surface area (Å²) in [6.07, 6.45) is -2.16. The molecule has 0 aliphatic rings. The summed E-state index contributed by atoms with van der Waals surface area (Å²) in [7, 11) is 0. The quantitative estimate of drug-likeness (QED) is 0.267. The summed E-state index contributed by atoms with van der Waals surface area (Å²) in [6, 6.07) is 6.09. The Bertz CT molecular complexity index is 1440. The first-order valence-corrected chi connectivity index (χ1v) is 10.9. The molecule has 0 saturated heterocycles. The van der Waals surface area contributed by atoms with Gasteiger partial charge in [0, 0.05) is 16.4 Å². The van der Waals surface area contributed by atoms with Crippen LogP contribution >= 0.6 is 39.1 Å². The summed E-state index contributed by atoms with van der Waals surface area (Å²) >= 11 is 15.6. The van der Waals surface area contributed by atoms with Gasteiger partial charge in [-0.2, -0.15) is 18.3 Å². The van der Waals surface area contributed by atoms with Crippen molar-refractivity contribution in [3.05, 3.63) is 73.1 Å². The second-order valence-electron chi connectivity index (χ2n) is 6.59. The van der Waals surface area contributed by atoms with E-state index in [0.29, 0.717) is 4.47 Å². The number of pyridine rings is 1. The maximum absolute atomic E-state index is 12.7. The van der Waals surface area contributed by atoms with Crippen molar-refractivity contribution >= 4 is 73.5 Å². The van der Waals surface area contributed by atoms with Gasteiger partial charge in [0.1, 0.15) is 11.2 Å². The van der Waals surface area contributed by atoms with Crippen molar-refractivity contribution in [1.82, 2.24) is 15.4 Å². The first kappa shape index (κ1) is 26.3. The minimum Gasteiger partial charge on any atom is -0.401 e. The number of alkyl halides is 3. The van der Waals surface area contributed by atoms with Crippen molar-refractivity contribution in [2.75, 3.05) is 6.54 Å². The molecule has 0 unspecified atom stereocenters. The topological polar surface area (TPSA) is 143 Å². The summed E-state index contributed by atoms with van der Waals surface area (Å²) in [5.41, 5.74) is 5.74. The standard InChI is InChI=1S/C20H13BrCl2F3N7O2/c21-9-4-11-16(13(23)5-9)32-18(35-19(11)34)14(31-17-12(22)2-1-3-29-17)6-10(28)8-30-33-15(7-27)20(24,25)26/h1-7,27,30H,8,28H2/b10-6-,27-7?,31-14-,33-15+. The zero-order valence-corrected chi connectivity index (χ0v) is 20.3. The minimum atomic E-state index is -4.82. The first-order chi connectivity index (χ1) is 16.5. The fourth-order valence-electron chi connectivity index (χ4n) is 2.55. The molecular weight excluding hydrogens is 578 g/mol. The van der Waals surface area contributed by atoms with Crippen molar-refractivity contribution in [2.45, 2.75) is 6.18 Å². The molecule has 3 aromatic rings. The Morgan fingerprint density at radius 2 is 2.06 bits per heavy atom. The van der Waals surface area contributed by atoms with Crippen LogP contribution in [0.5, 0.6) is 0 Å². The monoisotopic (exact) mass is 589 g/mol.